The van der Waals surface area contributed by atoms with Crippen molar-refractivity contribution in [1.29, 1.82) is 0 Å². The van der Waals surface area contributed by atoms with Crippen molar-refractivity contribution in [2.45, 2.75) is 226 Å². The van der Waals surface area contributed by atoms with Crippen LogP contribution < -0.4 is 0 Å². The summed E-state index contributed by atoms with van der Waals surface area (Å²) in [5.74, 6) is -0.945. The van der Waals surface area contributed by atoms with E-state index in [1.54, 1.807) is 0 Å². The van der Waals surface area contributed by atoms with Crippen LogP contribution in [0, 0.1) is 0 Å². The molecular weight excluding hydrogens is 769 g/mol. The molecule has 0 heterocycles. The standard InChI is InChI=1S/C56H92O6/c1-4-7-10-13-16-19-22-24-26-28-30-32-34-37-40-43-46-49-55(58)61-52-53(51-60-54(57)48-45-42-39-36-21-18-15-12-9-6-3)62-56(59)50-47-44-41-38-35-33-31-29-27-25-23-20-17-14-11-8-5-2/h7-8,10-12,15-17,19-20,24-27,30,32,53H,4-6,9,13-14,18,21-23,28-29,31,33-52H2,1-3H3/b10-7-,11-8-,15-12-,19-16-,20-17-,26-24-,27-25-,32-30-. The molecule has 0 bridgehead atoms. The summed E-state index contributed by atoms with van der Waals surface area (Å²) in [5.41, 5.74) is 0. The van der Waals surface area contributed by atoms with Crippen molar-refractivity contribution in [3.63, 3.8) is 0 Å². The van der Waals surface area contributed by atoms with E-state index in [0.717, 1.165) is 141 Å². The van der Waals surface area contributed by atoms with Crippen molar-refractivity contribution in [2.75, 3.05) is 13.2 Å². The van der Waals surface area contributed by atoms with E-state index in [0.29, 0.717) is 19.3 Å². The van der Waals surface area contributed by atoms with Gasteiger partial charge in [0.2, 0.25) is 0 Å². The molecule has 0 saturated heterocycles. The number of esters is 3. The summed E-state index contributed by atoms with van der Waals surface area (Å²) in [6.45, 7) is 6.30. The number of hydrogen-bond acceptors (Lipinski definition) is 6. The monoisotopic (exact) mass is 861 g/mol. The zero-order valence-electron chi connectivity index (χ0n) is 40.1. The number of rotatable bonds is 44. The molecule has 6 nitrogen and oxygen atoms in total. The van der Waals surface area contributed by atoms with Crippen LogP contribution in [-0.4, -0.2) is 37.2 Å². The number of carbonyl (C=O) groups excluding carboxylic acids is 3. The highest BCUT2D eigenvalue weighted by molar-refractivity contribution is 5.71. The average Bonchev–Trinajstić information content (AvgIpc) is 3.27. The molecule has 0 aliphatic rings. The Hall–Kier alpha value is -3.67. The Kier molecular flexibility index (Phi) is 47.0. The van der Waals surface area contributed by atoms with E-state index in [1.807, 2.05) is 0 Å². The maximum Gasteiger partial charge on any atom is 0.306 e. The Bertz CT molecular complexity index is 1260. The first-order valence-corrected chi connectivity index (χ1v) is 25.2. The van der Waals surface area contributed by atoms with Gasteiger partial charge in [0.05, 0.1) is 0 Å². The maximum atomic E-state index is 12.8. The van der Waals surface area contributed by atoms with Gasteiger partial charge in [-0.05, 0) is 109 Å². The third-order valence-corrected chi connectivity index (χ3v) is 10.3. The number of allylic oxidation sites excluding steroid dienone is 16. The molecule has 0 rings (SSSR count). The van der Waals surface area contributed by atoms with Gasteiger partial charge in [0.15, 0.2) is 6.10 Å². The van der Waals surface area contributed by atoms with E-state index in [1.165, 1.54) is 38.5 Å². The van der Waals surface area contributed by atoms with Gasteiger partial charge in [-0.3, -0.25) is 14.4 Å². The minimum absolute atomic E-state index is 0.0955. The summed E-state index contributed by atoms with van der Waals surface area (Å²) in [4.78, 5) is 37.9. The van der Waals surface area contributed by atoms with Gasteiger partial charge in [0.1, 0.15) is 13.2 Å². The quantitative estimate of drug-likeness (QED) is 0.0263. The Morgan fingerprint density at radius 1 is 0.339 bits per heavy atom. The van der Waals surface area contributed by atoms with E-state index in [9.17, 15) is 14.4 Å². The summed E-state index contributed by atoms with van der Waals surface area (Å²) in [6, 6.07) is 0. The number of hydrogen-bond donors (Lipinski definition) is 0. The lowest BCUT2D eigenvalue weighted by molar-refractivity contribution is -0.167. The lowest BCUT2D eigenvalue weighted by Gasteiger charge is -2.18. The van der Waals surface area contributed by atoms with E-state index >= 15 is 0 Å². The van der Waals surface area contributed by atoms with Crippen LogP contribution in [0.2, 0.25) is 0 Å². The summed E-state index contributed by atoms with van der Waals surface area (Å²) >= 11 is 0. The largest absolute Gasteiger partial charge is 0.462 e. The van der Waals surface area contributed by atoms with E-state index in [2.05, 4.69) is 118 Å². The summed E-state index contributed by atoms with van der Waals surface area (Å²) in [5, 5.41) is 0. The van der Waals surface area contributed by atoms with Crippen LogP contribution in [0.3, 0.4) is 0 Å². The minimum Gasteiger partial charge on any atom is -0.462 e. The maximum absolute atomic E-state index is 12.8. The molecule has 0 radical (unpaired) electrons. The van der Waals surface area contributed by atoms with Gasteiger partial charge in [-0.2, -0.15) is 0 Å². The second-order valence-corrected chi connectivity index (χ2v) is 16.3. The van der Waals surface area contributed by atoms with Crippen molar-refractivity contribution >= 4 is 17.9 Å². The predicted octanol–water partition coefficient (Wildman–Crippen LogP) is 16.6. The first-order valence-electron chi connectivity index (χ1n) is 25.2. The fourth-order valence-electron chi connectivity index (χ4n) is 6.57. The third kappa shape index (κ3) is 47.4. The van der Waals surface area contributed by atoms with Crippen molar-refractivity contribution in [2.24, 2.45) is 0 Å². The fourth-order valence-corrected chi connectivity index (χ4v) is 6.57. The van der Waals surface area contributed by atoms with E-state index in [4.69, 9.17) is 14.2 Å². The summed E-state index contributed by atoms with van der Waals surface area (Å²) in [6.07, 6.45) is 65.3. The van der Waals surface area contributed by atoms with Crippen LogP contribution in [0.4, 0.5) is 0 Å². The molecule has 0 spiro atoms. The second kappa shape index (κ2) is 50.0. The molecule has 6 heteroatoms. The number of ether oxygens (including phenoxy) is 3. The number of unbranched alkanes of at least 4 members (excludes halogenated alkanes) is 17. The third-order valence-electron chi connectivity index (χ3n) is 10.3. The van der Waals surface area contributed by atoms with Gasteiger partial charge in [-0.25, -0.2) is 0 Å². The normalized spacial score (nSPS) is 12.9. The smallest absolute Gasteiger partial charge is 0.306 e. The molecule has 0 saturated carbocycles. The lowest BCUT2D eigenvalue weighted by Crippen LogP contribution is -2.30. The molecule has 0 aromatic rings. The molecule has 1 atom stereocenters. The highest BCUT2D eigenvalue weighted by atomic mass is 16.6. The van der Waals surface area contributed by atoms with Gasteiger partial charge >= 0.3 is 17.9 Å². The molecule has 0 aliphatic heterocycles. The fraction of sp³-hybridized carbons (Fsp3) is 0.661. The van der Waals surface area contributed by atoms with Crippen molar-refractivity contribution in [3.05, 3.63) is 97.2 Å². The van der Waals surface area contributed by atoms with Gasteiger partial charge < -0.3 is 14.2 Å². The highest BCUT2D eigenvalue weighted by Crippen LogP contribution is 2.13. The molecule has 1 unspecified atom stereocenters. The zero-order valence-corrected chi connectivity index (χ0v) is 40.1. The van der Waals surface area contributed by atoms with Crippen LogP contribution in [0.25, 0.3) is 0 Å². The Morgan fingerprint density at radius 2 is 0.629 bits per heavy atom. The molecular formula is C56H92O6. The SMILES string of the molecule is CC/C=C\C/C=C\C/C=C\C/C=C\CCCCCCC(=O)OCC(COC(=O)CCCCCCC/C=C\CCC)OC(=O)CCCCCCCCC/C=C\C/C=C\C/C=C\CC. The van der Waals surface area contributed by atoms with Gasteiger partial charge in [-0.15, -0.1) is 0 Å². The predicted molar refractivity (Wildman–Crippen MR) is 265 cm³/mol. The van der Waals surface area contributed by atoms with Gasteiger partial charge in [0.25, 0.3) is 0 Å². The van der Waals surface area contributed by atoms with Crippen LogP contribution in [0.1, 0.15) is 220 Å². The second-order valence-electron chi connectivity index (χ2n) is 16.3. The molecule has 0 amide bonds. The Balaban J connectivity index is 4.43. The summed E-state index contributed by atoms with van der Waals surface area (Å²) < 4.78 is 16.7. The molecule has 0 aromatic heterocycles. The molecule has 352 valence electrons. The van der Waals surface area contributed by atoms with Crippen LogP contribution >= 0.6 is 0 Å². The Morgan fingerprint density at radius 3 is 1.00 bits per heavy atom. The van der Waals surface area contributed by atoms with Gasteiger partial charge in [-0.1, -0.05) is 189 Å². The van der Waals surface area contributed by atoms with Crippen LogP contribution in [-0.2, 0) is 28.6 Å². The average molecular weight is 861 g/mol. The highest BCUT2D eigenvalue weighted by Gasteiger charge is 2.19. The van der Waals surface area contributed by atoms with Gasteiger partial charge in [0, 0.05) is 19.3 Å². The Labute approximate surface area is 381 Å². The lowest BCUT2D eigenvalue weighted by atomic mass is 10.1. The van der Waals surface area contributed by atoms with E-state index in [-0.39, 0.29) is 31.1 Å². The molecule has 0 fully saturated rings. The zero-order chi connectivity index (χ0) is 45.1. The first-order chi connectivity index (χ1) is 30.5. The summed E-state index contributed by atoms with van der Waals surface area (Å²) in [7, 11) is 0. The topological polar surface area (TPSA) is 78.9 Å². The number of carbonyl (C=O) groups is 3. The van der Waals surface area contributed by atoms with Crippen molar-refractivity contribution in [1.82, 2.24) is 0 Å². The van der Waals surface area contributed by atoms with Crippen LogP contribution in [0.5, 0.6) is 0 Å². The van der Waals surface area contributed by atoms with Crippen molar-refractivity contribution in [3.8, 4) is 0 Å². The molecule has 0 N–H and O–H groups in total. The van der Waals surface area contributed by atoms with E-state index < -0.39 is 6.10 Å². The molecule has 0 aromatic carbocycles. The van der Waals surface area contributed by atoms with Crippen molar-refractivity contribution < 1.29 is 28.6 Å². The molecule has 0 aliphatic carbocycles. The first kappa shape index (κ1) is 58.3. The minimum atomic E-state index is -0.796. The molecule has 62 heavy (non-hydrogen) atoms. The van der Waals surface area contributed by atoms with Crippen LogP contribution in [0.15, 0.2) is 97.2 Å².